The third kappa shape index (κ3) is 3.25. The van der Waals surface area contributed by atoms with E-state index in [1.54, 1.807) is 18.3 Å². The molecule has 1 amide bonds. The first-order valence-electron chi connectivity index (χ1n) is 8.05. The minimum atomic E-state index is -0.0576. The van der Waals surface area contributed by atoms with Crippen molar-refractivity contribution in [3.05, 3.63) is 53.4 Å². The summed E-state index contributed by atoms with van der Waals surface area (Å²) in [6, 6.07) is 7.43. The molecule has 1 aliphatic heterocycles. The maximum Gasteiger partial charge on any atom is 0.266 e. The van der Waals surface area contributed by atoms with E-state index >= 15 is 0 Å². The van der Waals surface area contributed by atoms with Gasteiger partial charge in [0.05, 0.1) is 12.2 Å². The molecule has 0 spiro atoms. The van der Waals surface area contributed by atoms with Gasteiger partial charge in [0.25, 0.3) is 5.91 Å². The van der Waals surface area contributed by atoms with E-state index in [1.807, 2.05) is 40.9 Å². The number of likely N-dealkylation sites (tertiary alicyclic amines) is 1. The van der Waals surface area contributed by atoms with E-state index in [0.29, 0.717) is 23.8 Å². The molecule has 4 rings (SSSR count). The summed E-state index contributed by atoms with van der Waals surface area (Å²) < 4.78 is 7.72. The molecule has 0 bridgehead atoms. The first kappa shape index (κ1) is 15.8. The second-order valence-electron chi connectivity index (χ2n) is 5.84. The molecule has 8 heteroatoms. The summed E-state index contributed by atoms with van der Waals surface area (Å²) in [6.07, 6.45) is 6.18. The van der Waals surface area contributed by atoms with E-state index in [2.05, 4.69) is 15.2 Å². The van der Waals surface area contributed by atoms with Crippen molar-refractivity contribution in [2.45, 2.75) is 19.4 Å². The molecule has 4 heterocycles. The molecule has 1 aliphatic rings. The monoisotopic (exact) mass is 355 g/mol. The van der Waals surface area contributed by atoms with Gasteiger partial charge >= 0.3 is 0 Å². The fourth-order valence-electron chi connectivity index (χ4n) is 2.83. The minimum absolute atomic E-state index is 0.0126. The van der Waals surface area contributed by atoms with Crippen LogP contribution in [0.1, 0.15) is 21.8 Å². The number of aryl methyl sites for hydroxylation is 1. The first-order chi connectivity index (χ1) is 12.2. The van der Waals surface area contributed by atoms with Crippen molar-refractivity contribution in [1.82, 2.24) is 24.6 Å². The Balaban J connectivity index is 1.45. The summed E-state index contributed by atoms with van der Waals surface area (Å²) in [7, 11) is 0. The Hall–Kier alpha value is -2.74. The maximum absolute atomic E-state index is 12.9. The molecule has 0 radical (unpaired) electrons. The van der Waals surface area contributed by atoms with Crippen molar-refractivity contribution >= 4 is 17.2 Å². The number of aromatic nitrogens is 4. The second-order valence-corrected chi connectivity index (χ2v) is 6.82. The molecule has 1 unspecified atom stereocenters. The zero-order valence-electron chi connectivity index (χ0n) is 13.7. The molecule has 0 N–H and O–H groups in total. The normalized spacial score (nSPS) is 17.0. The third-order valence-corrected chi connectivity index (χ3v) is 5.23. The highest BCUT2D eigenvalue weighted by molar-refractivity contribution is 7.16. The average molecular weight is 355 g/mol. The molecule has 3 aromatic heterocycles. The van der Waals surface area contributed by atoms with Crippen molar-refractivity contribution < 1.29 is 9.53 Å². The van der Waals surface area contributed by atoms with E-state index in [-0.39, 0.29) is 12.0 Å². The largest absolute Gasteiger partial charge is 0.471 e. The van der Waals surface area contributed by atoms with Crippen LogP contribution >= 0.6 is 11.3 Å². The van der Waals surface area contributed by atoms with Crippen LogP contribution in [0.2, 0.25) is 0 Å². The van der Waals surface area contributed by atoms with Gasteiger partial charge in [-0.25, -0.2) is 4.98 Å². The van der Waals surface area contributed by atoms with Gasteiger partial charge < -0.3 is 14.2 Å². The van der Waals surface area contributed by atoms with Crippen LogP contribution in [0.3, 0.4) is 0 Å². The number of thiazole rings is 1. The summed E-state index contributed by atoms with van der Waals surface area (Å²) in [4.78, 5) is 19.9. The smallest absolute Gasteiger partial charge is 0.266 e. The lowest BCUT2D eigenvalue weighted by Crippen LogP contribution is -2.30. The molecule has 128 valence electrons. The van der Waals surface area contributed by atoms with E-state index < -0.39 is 0 Å². The number of carbonyl (C=O) groups excluding carboxylic acids is 1. The van der Waals surface area contributed by atoms with Crippen LogP contribution in [0, 0.1) is 6.92 Å². The fourth-order valence-corrected chi connectivity index (χ4v) is 3.83. The predicted molar refractivity (Wildman–Crippen MR) is 93.1 cm³/mol. The average Bonchev–Trinajstić information content (AvgIpc) is 3.35. The van der Waals surface area contributed by atoms with Crippen LogP contribution in [0.15, 0.2) is 42.9 Å². The van der Waals surface area contributed by atoms with Gasteiger partial charge in [-0.05, 0) is 25.1 Å². The van der Waals surface area contributed by atoms with Crippen LogP contribution < -0.4 is 4.74 Å². The van der Waals surface area contributed by atoms with E-state index in [4.69, 9.17) is 4.74 Å². The standard InChI is InChI=1S/C17H17N5O2S/c1-12-15(25-17(19-12)21-8-2-3-9-21)16(23)22-10-6-13(11-22)24-14-5-4-7-18-20-14/h2-5,7-9,13H,6,10-11H2,1H3. The lowest BCUT2D eigenvalue weighted by atomic mass is 10.3. The number of hydrogen-bond acceptors (Lipinski definition) is 6. The van der Waals surface area contributed by atoms with Gasteiger partial charge in [-0.3, -0.25) is 4.79 Å². The molecule has 1 saturated heterocycles. The first-order valence-corrected chi connectivity index (χ1v) is 8.87. The Labute approximate surface area is 148 Å². The maximum atomic E-state index is 12.9. The number of carbonyl (C=O) groups is 1. The summed E-state index contributed by atoms with van der Waals surface area (Å²) >= 11 is 1.41. The predicted octanol–water partition coefficient (Wildman–Crippen LogP) is 2.33. The van der Waals surface area contributed by atoms with E-state index in [1.165, 1.54) is 11.3 Å². The summed E-state index contributed by atoms with van der Waals surface area (Å²) in [5.74, 6) is 0.504. The minimum Gasteiger partial charge on any atom is -0.471 e. The van der Waals surface area contributed by atoms with Crippen molar-refractivity contribution in [2.24, 2.45) is 0 Å². The molecular formula is C17H17N5O2S. The van der Waals surface area contributed by atoms with Gasteiger partial charge in [0, 0.05) is 37.6 Å². The van der Waals surface area contributed by atoms with Gasteiger partial charge in [-0.2, -0.15) is 5.10 Å². The van der Waals surface area contributed by atoms with Crippen LogP contribution in [-0.4, -0.2) is 49.7 Å². The Morgan fingerprint density at radius 3 is 2.92 bits per heavy atom. The summed E-state index contributed by atoms with van der Waals surface area (Å²) in [6.45, 7) is 3.09. The third-order valence-electron chi connectivity index (χ3n) is 4.07. The van der Waals surface area contributed by atoms with Crippen molar-refractivity contribution in [3.63, 3.8) is 0 Å². The van der Waals surface area contributed by atoms with Gasteiger partial charge in [0.2, 0.25) is 5.88 Å². The zero-order chi connectivity index (χ0) is 17.2. The van der Waals surface area contributed by atoms with Crippen molar-refractivity contribution in [3.8, 4) is 11.0 Å². The van der Waals surface area contributed by atoms with E-state index in [0.717, 1.165) is 17.2 Å². The highest BCUT2D eigenvalue weighted by atomic mass is 32.1. The van der Waals surface area contributed by atoms with Gasteiger partial charge in [-0.1, -0.05) is 11.3 Å². The number of nitrogens with zero attached hydrogens (tertiary/aromatic N) is 5. The number of amides is 1. The Morgan fingerprint density at radius 1 is 1.32 bits per heavy atom. The molecule has 25 heavy (non-hydrogen) atoms. The van der Waals surface area contributed by atoms with Crippen LogP contribution in [0.25, 0.3) is 5.13 Å². The van der Waals surface area contributed by atoms with Crippen molar-refractivity contribution in [2.75, 3.05) is 13.1 Å². The molecule has 3 aromatic rings. The van der Waals surface area contributed by atoms with Crippen molar-refractivity contribution in [1.29, 1.82) is 0 Å². The zero-order valence-corrected chi connectivity index (χ0v) is 14.5. The summed E-state index contributed by atoms with van der Waals surface area (Å²) in [5.41, 5.74) is 0.761. The van der Waals surface area contributed by atoms with Gasteiger partial charge in [-0.15, -0.1) is 5.10 Å². The lowest BCUT2D eigenvalue weighted by Gasteiger charge is -2.16. The number of ether oxygens (including phenoxy) is 1. The quantitative estimate of drug-likeness (QED) is 0.718. The molecule has 0 aliphatic carbocycles. The van der Waals surface area contributed by atoms with Gasteiger partial charge in [0.1, 0.15) is 11.0 Å². The molecule has 0 saturated carbocycles. The van der Waals surface area contributed by atoms with E-state index in [9.17, 15) is 4.79 Å². The van der Waals surface area contributed by atoms with Gasteiger partial charge in [0.15, 0.2) is 5.13 Å². The highest BCUT2D eigenvalue weighted by Crippen LogP contribution is 2.25. The summed E-state index contributed by atoms with van der Waals surface area (Å²) in [5, 5.41) is 8.54. The molecule has 7 nitrogen and oxygen atoms in total. The lowest BCUT2D eigenvalue weighted by molar-refractivity contribution is 0.0774. The number of rotatable bonds is 4. The van der Waals surface area contributed by atoms with Crippen LogP contribution in [0.4, 0.5) is 0 Å². The Kier molecular flexibility index (Phi) is 4.19. The van der Waals surface area contributed by atoms with Crippen LogP contribution in [0.5, 0.6) is 5.88 Å². The highest BCUT2D eigenvalue weighted by Gasteiger charge is 2.30. The van der Waals surface area contributed by atoms with Crippen LogP contribution in [-0.2, 0) is 0 Å². The molecule has 1 fully saturated rings. The molecule has 1 atom stereocenters. The Bertz CT molecular complexity index is 863. The number of hydrogen-bond donors (Lipinski definition) is 0. The second kappa shape index (κ2) is 6.64. The molecular weight excluding hydrogens is 338 g/mol. The Morgan fingerprint density at radius 2 is 2.16 bits per heavy atom. The topological polar surface area (TPSA) is 73.1 Å². The fraction of sp³-hybridized carbons (Fsp3) is 0.294. The molecule has 0 aromatic carbocycles. The SMILES string of the molecule is Cc1nc(-n2cccc2)sc1C(=O)N1CCC(Oc2cccnn2)C1.